The first kappa shape index (κ1) is 10.3. The third-order valence-corrected chi connectivity index (χ3v) is 4.18. The largest absolute Gasteiger partial charge is 0.381 e. The van der Waals surface area contributed by atoms with Crippen LogP contribution in [0.1, 0.15) is 24.3 Å². The van der Waals surface area contributed by atoms with E-state index in [1.807, 2.05) is 17.9 Å². The minimum absolute atomic E-state index is 0.418. The van der Waals surface area contributed by atoms with Gasteiger partial charge in [-0.05, 0) is 23.8 Å². The quantitative estimate of drug-likeness (QED) is 0.766. The van der Waals surface area contributed by atoms with Crippen LogP contribution in [0.15, 0.2) is 12.4 Å². The van der Waals surface area contributed by atoms with Crippen molar-refractivity contribution in [2.45, 2.75) is 18.8 Å². The minimum atomic E-state index is 0.418. The fourth-order valence-electron chi connectivity index (χ4n) is 3.20. The van der Waals surface area contributed by atoms with Gasteiger partial charge in [0.15, 0.2) is 0 Å². The molecule has 2 aliphatic rings. The SMILES string of the molecule is Cn1cc([C@H]2CNCC23CCOCC3)cn1. The van der Waals surface area contributed by atoms with E-state index in [0.29, 0.717) is 11.3 Å². The number of rotatable bonds is 1. The van der Waals surface area contributed by atoms with Crippen LogP contribution in [0.2, 0.25) is 0 Å². The van der Waals surface area contributed by atoms with Crippen LogP contribution in [-0.4, -0.2) is 36.1 Å². The lowest BCUT2D eigenvalue weighted by Crippen LogP contribution is -2.35. The molecule has 2 saturated heterocycles. The average Bonchev–Trinajstić information content (AvgIpc) is 2.87. The van der Waals surface area contributed by atoms with E-state index >= 15 is 0 Å². The molecule has 2 aliphatic heterocycles. The van der Waals surface area contributed by atoms with Gasteiger partial charge in [-0.3, -0.25) is 4.68 Å². The summed E-state index contributed by atoms with van der Waals surface area (Å²) < 4.78 is 7.40. The Morgan fingerprint density at radius 3 is 3.00 bits per heavy atom. The van der Waals surface area contributed by atoms with Gasteiger partial charge in [0, 0.05) is 45.5 Å². The molecule has 0 aromatic carbocycles. The van der Waals surface area contributed by atoms with Gasteiger partial charge in [-0.15, -0.1) is 0 Å². The number of nitrogens with one attached hydrogen (secondary N) is 1. The van der Waals surface area contributed by atoms with Crippen molar-refractivity contribution < 1.29 is 4.74 Å². The summed E-state index contributed by atoms with van der Waals surface area (Å²) in [4.78, 5) is 0. The van der Waals surface area contributed by atoms with Crippen LogP contribution in [0.3, 0.4) is 0 Å². The summed E-state index contributed by atoms with van der Waals surface area (Å²) >= 11 is 0. The summed E-state index contributed by atoms with van der Waals surface area (Å²) in [7, 11) is 1.99. The van der Waals surface area contributed by atoms with Gasteiger partial charge in [0.2, 0.25) is 0 Å². The Morgan fingerprint density at radius 2 is 2.31 bits per heavy atom. The highest BCUT2D eigenvalue weighted by Crippen LogP contribution is 2.46. The van der Waals surface area contributed by atoms with Gasteiger partial charge in [0.25, 0.3) is 0 Å². The highest BCUT2D eigenvalue weighted by atomic mass is 16.5. The maximum absolute atomic E-state index is 5.50. The smallest absolute Gasteiger partial charge is 0.0525 e. The zero-order valence-corrected chi connectivity index (χ0v) is 9.78. The Labute approximate surface area is 96.0 Å². The second kappa shape index (κ2) is 3.86. The molecule has 0 radical (unpaired) electrons. The molecule has 0 bridgehead atoms. The summed E-state index contributed by atoms with van der Waals surface area (Å²) in [5.74, 6) is 0.616. The lowest BCUT2D eigenvalue weighted by atomic mass is 9.70. The van der Waals surface area contributed by atoms with E-state index in [-0.39, 0.29) is 0 Å². The molecule has 0 unspecified atom stereocenters. The van der Waals surface area contributed by atoms with Crippen LogP contribution >= 0.6 is 0 Å². The van der Waals surface area contributed by atoms with Crippen molar-refractivity contribution in [2.24, 2.45) is 12.5 Å². The van der Waals surface area contributed by atoms with Crippen LogP contribution in [0.5, 0.6) is 0 Å². The molecule has 1 atom stereocenters. The number of hydrogen-bond donors (Lipinski definition) is 1. The van der Waals surface area contributed by atoms with Crippen molar-refractivity contribution in [1.82, 2.24) is 15.1 Å². The third kappa shape index (κ3) is 1.57. The first-order valence-electron chi connectivity index (χ1n) is 6.07. The fourth-order valence-corrected chi connectivity index (χ4v) is 3.20. The number of hydrogen-bond acceptors (Lipinski definition) is 3. The molecule has 1 spiro atoms. The second-order valence-corrected chi connectivity index (χ2v) is 5.11. The number of ether oxygens (including phenoxy) is 1. The molecule has 1 N–H and O–H groups in total. The molecule has 1 aromatic rings. The Hall–Kier alpha value is -0.870. The Morgan fingerprint density at radius 1 is 1.50 bits per heavy atom. The molecule has 3 rings (SSSR count). The van der Waals surface area contributed by atoms with Crippen LogP contribution < -0.4 is 5.32 Å². The molecule has 0 amide bonds. The topological polar surface area (TPSA) is 39.1 Å². The van der Waals surface area contributed by atoms with Gasteiger partial charge in [0.1, 0.15) is 0 Å². The van der Waals surface area contributed by atoms with Gasteiger partial charge in [-0.25, -0.2) is 0 Å². The zero-order valence-electron chi connectivity index (χ0n) is 9.78. The Balaban J connectivity index is 1.88. The highest BCUT2D eigenvalue weighted by Gasteiger charge is 2.44. The molecule has 4 nitrogen and oxygen atoms in total. The summed E-state index contributed by atoms with van der Waals surface area (Å²) in [5.41, 5.74) is 1.80. The zero-order chi connectivity index (χ0) is 11.0. The third-order valence-electron chi connectivity index (χ3n) is 4.18. The summed E-state index contributed by atoms with van der Waals surface area (Å²) in [6, 6.07) is 0. The first-order valence-corrected chi connectivity index (χ1v) is 6.07. The maximum atomic E-state index is 5.50. The van der Waals surface area contributed by atoms with Crippen LogP contribution in [0, 0.1) is 5.41 Å². The maximum Gasteiger partial charge on any atom is 0.0525 e. The molecular formula is C12H19N3O. The standard InChI is InChI=1S/C12H19N3O/c1-15-8-10(6-14-15)11-7-13-9-12(11)2-4-16-5-3-12/h6,8,11,13H,2-5,7,9H2,1H3/t11-/m1/s1. The van der Waals surface area contributed by atoms with E-state index in [9.17, 15) is 0 Å². The predicted molar refractivity (Wildman–Crippen MR) is 61.3 cm³/mol. The van der Waals surface area contributed by atoms with Crippen molar-refractivity contribution in [3.63, 3.8) is 0 Å². The second-order valence-electron chi connectivity index (χ2n) is 5.11. The van der Waals surface area contributed by atoms with Gasteiger partial charge in [0.05, 0.1) is 6.20 Å². The van der Waals surface area contributed by atoms with E-state index in [2.05, 4.69) is 16.6 Å². The van der Waals surface area contributed by atoms with E-state index in [1.165, 1.54) is 18.4 Å². The van der Waals surface area contributed by atoms with Gasteiger partial charge in [-0.2, -0.15) is 5.10 Å². The molecule has 2 fully saturated rings. The van der Waals surface area contributed by atoms with Crippen LogP contribution in [0.4, 0.5) is 0 Å². The minimum Gasteiger partial charge on any atom is -0.381 e. The van der Waals surface area contributed by atoms with Gasteiger partial charge < -0.3 is 10.1 Å². The predicted octanol–water partition coefficient (Wildman–Crippen LogP) is 0.904. The van der Waals surface area contributed by atoms with Gasteiger partial charge >= 0.3 is 0 Å². The Kier molecular flexibility index (Phi) is 2.48. The van der Waals surface area contributed by atoms with Gasteiger partial charge in [-0.1, -0.05) is 0 Å². The summed E-state index contributed by atoms with van der Waals surface area (Å²) in [6.07, 6.45) is 6.54. The molecule has 1 aromatic heterocycles. The molecular weight excluding hydrogens is 202 g/mol. The van der Waals surface area contributed by atoms with Crippen molar-refractivity contribution in [3.05, 3.63) is 18.0 Å². The highest BCUT2D eigenvalue weighted by molar-refractivity contribution is 5.20. The monoisotopic (exact) mass is 221 g/mol. The van der Waals surface area contributed by atoms with Crippen LogP contribution in [-0.2, 0) is 11.8 Å². The van der Waals surface area contributed by atoms with E-state index < -0.39 is 0 Å². The van der Waals surface area contributed by atoms with Crippen LogP contribution in [0.25, 0.3) is 0 Å². The lowest BCUT2D eigenvalue weighted by molar-refractivity contribution is 0.0165. The Bertz CT molecular complexity index is 368. The van der Waals surface area contributed by atoms with E-state index in [0.717, 1.165) is 26.3 Å². The number of aromatic nitrogens is 2. The summed E-state index contributed by atoms with van der Waals surface area (Å²) in [5, 5.41) is 7.84. The summed E-state index contributed by atoms with van der Waals surface area (Å²) in [6.45, 7) is 4.05. The average molecular weight is 221 g/mol. The van der Waals surface area contributed by atoms with E-state index in [1.54, 1.807) is 0 Å². The normalized spacial score (nSPS) is 28.7. The molecule has 4 heteroatoms. The lowest BCUT2D eigenvalue weighted by Gasteiger charge is -2.37. The van der Waals surface area contributed by atoms with Crippen molar-refractivity contribution >= 4 is 0 Å². The molecule has 0 saturated carbocycles. The molecule has 3 heterocycles. The van der Waals surface area contributed by atoms with Crippen molar-refractivity contribution in [1.29, 1.82) is 0 Å². The molecule has 16 heavy (non-hydrogen) atoms. The fraction of sp³-hybridized carbons (Fsp3) is 0.750. The van der Waals surface area contributed by atoms with Crippen molar-refractivity contribution in [2.75, 3.05) is 26.3 Å². The first-order chi connectivity index (χ1) is 7.80. The van der Waals surface area contributed by atoms with E-state index in [4.69, 9.17) is 4.74 Å². The number of nitrogens with zero attached hydrogens (tertiary/aromatic N) is 2. The number of aryl methyl sites for hydroxylation is 1. The molecule has 0 aliphatic carbocycles. The molecule has 88 valence electrons. The van der Waals surface area contributed by atoms with Crippen molar-refractivity contribution in [3.8, 4) is 0 Å².